The summed E-state index contributed by atoms with van der Waals surface area (Å²) in [6, 6.07) is 1.61. The maximum Gasteiger partial charge on any atom is 0.243 e. The molecular formula is C9H10BrClN4O2. The average molecular weight is 322 g/mol. The van der Waals surface area contributed by atoms with Gasteiger partial charge in [-0.25, -0.2) is 4.98 Å². The Hall–Kier alpha value is -1.18. The van der Waals surface area contributed by atoms with Crippen LogP contribution >= 0.6 is 27.5 Å². The standard InChI is InChI=1S/C9H10BrClN4O2/c10-5-1-6(9(11)14-3-5)15-8(17)4-13-7(16)2-12/h1,3H,2,4,12H2,(H,13,16)(H,15,17). The first-order valence-corrected chi connectivity index (χ1v) is 5.77. The number of nitrogens with one attached hydrogen (secondary N) is 2. The van der Waals surface area contributed by atoms with Gasteiger partial charge in [0.2, 0.25) is 11.8 Å². The van der Waals surface area contributed by atoms with Gasteiger partial charge in [-0.05, 0) is 22.0 Å². The Balaban J connectivity index is 2.56. The fourth-order valence-corrected chi connectivity index (χ4v) is 1.44. The topological polar surface area (TPSA) is 97.1 Å². The normalized spacial score (nSPS) is 9.82. The summed E-state index contributed by atoms with van der Waals surface area (Å²) in [5.74, 6) is -0.813. The van der Waals surface area contributed by atoms with E-state index in [-0.39, 0.29) is 18.2 Å². The second-order valence-electron chi connectivity index (χ2n) is 3.02. The monoisotopic (exact) mass is 320 g/mol. The number of pyridine rings is 1. The summed E-state index contributed by atoms with van der Waals surface area (Å²) in [6.07, 6.45) is 1.51. The second-order valence-corrected chi connectivity index (χ2v) is 4.29. The fourth-order valence-electron chi connectivity index (χ4n) is 0.956. The van der Waals surface area contributed by atoms with Gasteiger partial charge < -0.3 is 16.4 Å². The zero-order chi connectivity index (χ0) is 12.8. The van der Waals surface area contributed by atoms with Crippen LogP contribution < -0.4 is 16.4 Å². The first-order chi connectivity index (χ1) is 8.02. The van der Waals surface area contributed by atoms with Crippen molar-refractivity contribution in [1.82, 2.24) is 10.3 Å². The van der Waals surface area contributed by atoms with Crippen LogP contribution in [-0.4, -0.2) is 29.9 Å². The summed E-state index contributed by atoms with van der Waals surface area (Å²) >= 11 is 8.98. The Morgan fingerprint density at radius 3 is 2.82 bits per heavy atom. The van der Waals surface area contributed by atoms with Crippen LogP contribution in [0, 0.1) is 0 Å². The Morgan fingerprint density at radius 1 is 1.47 bits per heavy atom. The zero-order valence-electron chi connectivity index (χ0n) is 8.67. The van der Waals surface area contributed by atoms with Crippen LogP contribution in [0.3, 0.4) is 0 Å². The summed E-state index contributed by atoms with van der Waals surface area (Å²) < 4.78 is 0.684. The van der Waals surface area contributed by atoms with E-state index in [1.807, 2.05) is 0 Å². The number of halogens is 2. The van der Waals surface area contributed by atoms with Crippen LogP contribution in [0.15, 0.2) is 16.7 Å². The van der Waals surface area contributed by atoms with Crippen molar-refractivity contribution >= 4 is 45.0 Å². The Bertz CT molecular complexity index is 441. The fraction of sp³-hybridized carbons (Fsp3) is 0.222. The minimum atomic E-state index is -0.409. The van der Waals surface area contributed by atoms with Crippen molar-refractivity contribution in [3.05, 3.63) is 21.9 Å². The number of hydrogen-bond donors (Lipinski definition) is 3. The molecule has 0 bridgehead atoms. The molecule has 92 valence electrons. The quantitative estimate of drug-likeness (QED) is 0.704. The van der Waals surface area contributed by atoms with Crippen molar-refractivity contribution in [3.63, 3.8) is 0 Å². The lowest BCUT2D eigenvalue weighted by Gasteiger charge is -2.07. The molecule has 8 heteroatoms. The summed E-state index contributed by atoms with van der Waals surface area (Å²) in [6.45, 7) is -0.328. The molecule has 0 atom stereocenters. The van der Waals surface area contributed by atoms with E-state index < -0.39 is 11.8 Å². The molecule has 0 aliphatic rings. The molecule has 0 saturated carbocycles. The lowest BCUT2D eigenvalue weighted by atomic mass is 10.4. The number of hydrogen-bond acceptors (Lipinski definition) is 4. The van der Waals surface area contributed by atoms with Crippen LogP contribution in [-0.2, 0) is 9.59 Å². The molecule has 6 nitrogen and oxygen atoms in total. The number of nitrogens with zero attached hydrogens (tertiary/aromatic N) is 1. The molecule has 0 fully saturated rings. The predicted octanol–water partition coefficient (Wildman–Crippen LogP) is 0.511. The molecular weight excluding hydrogens is 311 g/mol. The molecule has 0 saturated heterocycles. The SMILES string of the molecule is NCC(=O)NCC(=O)Nc1cc(Br)cnc1Cl. The van der Waals surface area contributed by atoms with Crippen molar-refractivity contribution in [2.45, 2.75) is 0 Å². The van der Waals surface area contributed by atoms with Gasteiger partial charge in [-0.15, -0.1) is 0 Å². The van der Waals surface area contributed by atoms with Gasteiger partial charge in [-0.1, -0.05) is 11.6 Å². The summed E-state index contributed by atoms with van der Waals surface area (Å²) in [5.41, 5.74) is 5.44. The van der Waals surface area contributed by atoms with E-state index in [0.29, 0.717) is 10.2 Å². The maximum absolute atomic E-state index is 11.4. The van der Waals surface area contributed by atoms with Crippen LogP contribution in [0.5, 0.6) is 0 Å². The predicted molar refractivity (Wildman–Crippen MR) is 67.6 cm³/mol. The van der Waals surface area contributed by atoms with Gasteiger partial charge in [0.1, 0.15) is 0 Å². The smallest absolute Gasteiger partial charge is 0.243 e. The molecule has 4 N–H and O–H groups in total. The summed E-state index contributed by atoms with van der Waals surface area (Å²) in [5, 5.41) is 5.02. The van der Waals surface area contributed by atoms with Gasteiger partial charge in [0, 0.05) is 10.7 Å². The molecule has 1 rings (SSSR count). The maximum atomic E-state index is 11.4. The van der Waals surface area contributed by atoms with Gasteiger partial charge in [0.15, 0.2) is 5.15 Å². The highest BCUT2D eigenvalue weighted by atomic mass is 79.9. The third kappa shape index (κ3) is 4.68. The lowest BCUT2D eigenvalue weighted by Crippen LogP contribution is -2.36. The lowest BCUT2D eigenvalue weighted by molar-refractivity contribution is -0.123. The van der Waals surface area contributed by atoms with Gasteiger partial charge in [0.05, 0.1) is 18.8 Å². The molecule has 0 aliphatic heterocycles. The number of rotatable bonds is 4. The van der Waals surface area contributed by atoms with Crippen molar-refractivity contribution in [1.29, 1.82) is 0 Å². The first-order valence-electron chi connectivity index (χ1n) is 4.60. The molecule has 1 aromatic rings. The third-order valence-electron chi connectivity index (χ3n) is 1.71. The van der Waals surface area contributed by atoms with Gasteiger partial charge >= 0.3 is 0 Å². The number of carbonyl (C=O) groups is 2. The first kappa shape index (κ1) is 13.9. The zero-order valence-corrected chi connectivity index (χ0v) is 11.0. The minimum absolute atomic E-state index is 0.160. The van der Waals surface area contributed by atoms with E-state index in [1.165, 1.54) is 6.20 Å². The number of aromatic nitrogens is 1. The van der Waals surface area contributed by atoms with E-state index in [4.69, 9.17) is 17.3 Å². The Morgan fingerprint density at radius 2 is 2.18 bits per heavy atom. The molecule has 17 heavy (non-hydrogen) atoms. The van der Waals surface area contributed by atoms with E-state index in [1.54, 1.807) is 6.07 Å². The number of amides is 2. The molecule has 1 heterocycles. The van der Waals surface area contributed by atoms with E-state index in [0.717, 1.165) is 0 Å². The van der Waals surface area contributed by atoms with E-state index in [9.17, 15) is 9.59 Å². The number of nitrogens with two attached hydrogens (primary N) is 1. The largest absolute Gasteiger partial charge is 0.346 e. The molecule has 1 aromatic heterocycles. The molecule has 0 aliphatic carbocycles. The third-order valence-corrected chi connectivity index (χ3v) is 2.45. The molecule has 0 aromatic carbocycles. The number of carbonyl (C=O) groups excluding carboxylic acids is 2. The van der Waals surface area contributed by atoms with Crippen LogP contribution in [0.4, 0.5) is 5.69 Å². The molecule has 0 radical (unpaired) electrons. The minimum Gasteiger partial charge on any atom is -0.346 e. The Kier molecular flexibility index (Phi) is 5.33. The van der Waals surface area contributed by atoms with Crippen molar-refractivity contribution in [3.8, 4) is 0 Å². The highest BCUT2D eigenvalue weighted by Crippen LogP contribution is 2.22. The highest BCUT2D eigenvalue weighted by molar-refractivity contribution is 9.10. The molecule has 2 amide bonds. The summed E-state index contributed by atoms with van der Waals surface area (Å²) in [4.78, 5) is 26.1. The van der Waals surface area contributed by atoms with Crippen LogP contribution in [0.1, 0.15) is 0 Å². The second kappa shape index (κ2) is 6.53. The molecule has 0 unspecified atom stereocenters. The highest BCUT2D eigenvalue weighted by Gasteiger charge is 2.08. The van der Waals surface area contributed by atoms with Gasteiger partial charge in [0.25, 0.3) is 0 Å². The van der Waals surface area contributed by atoms with Gasteiger partial charge in [-0.2, -0.15) is 0 Å². The summed E-state index contributed by atoms with van der Waals surface area (Å²) in [7, 11) is 0. The van der Waals surface area contributed by atoms with E-state index in [2.05, 4.69) is 31.5 Å². The number of anilines is 1. The van der Waals surface area contributed by atoms with Crippen molar-refractivity contribution < 1.29 is 9.59 Å². The Labute approximate surface area is 111 Å². The average Bonchev–Trinajstić information content (AvgIpc) is 2.30. The van der Waals surface area contributed by atoms with Gasteiger partial charge in [-0.3, -0.25) is 9.59 Å². The van der Waals surface area contributed by atoms with Crippen molar-refractivity contribution in [2.24, 2.45) is 5.73 Å². The van der Waals surface area contributed by atoms with E-state index >= 15 is 0 Å². The molecule has 0 spiro atoms. The van der Waals surface area contributed by atoms with Crippen molar-refractivity contribution in [2.75, 3.05) is 18.4 Å². The van der Waals surface area contributed by atoms with Crippen LogP contribution in [0.25, 0.3) is 0 Å². The van der Waals surface area contributed by atoms with Crippen LogP contribution in [0.2, 0.25) is 5.15 Å².